The number of nitrogens with one attached hydrogen (secondary N) is 1. The topological polar surface area (TPSA) is 34.1 Å². The van der Waals surface area contributed by atoms with Gasteiger partial charge in [-0.15, -0.1) is 0 Å². The van der Waals surface area contributed by atoms with E-state index in [1.165, 1.54) is 16.5 Å². The van der Waals surface area contributed by atoms with Crippen molar-refractivity contribution >= 4 is 10.9 Å². The van der Waals surface area contributed by atoms with Gasteiger partial charge in [0.15, 0.2) is 0 Å². The molecule has 1 heterocycles. The molecule has 0 aliphatic rings. The van der Waals surface area contributed by atoms with Gasteiger partial charge < -0.3 is 10.1 Å². The number of nitrogens with zero attached hydrogens (tertiary/aromatic N) is 1. The van der Waals surface area contributed by atoms with Gasteiger partial charge >= 0.3 is 0 Å². The highest BCUT2D eigenvalue weighted by atomic mass is 16.5. The molecule has 0 fully saturated rings. The molecule has 20 heavy (non-hydrogen) atoms. The van der Waals surface area contributed by atoms with Gasteiger partial charge in [-0.05, 0) is 30.0 Å². The molecule has 3 nitrogen and oxygen atoms in total. The fourth-order valence-electron chi connectivity index (χ4n) is 2.32. The molecular weight excluding hydrogens is 248 g/mol. The summed E-state index contributed by atoms with van der Waals surface area (Å²) in [5.41, 5.74) is 4.85. The molecule has 0 aliphatic carbocycles. The van der Waals surface area contributed by atoms with Crippen LogP contribution in [0.5, 0.6) is 0 Å². The van der Waals surface area contributed by atoms with Gasteiger partial charge in [-0.3, -0.25) is 4.98 Å². The molecule has 2 rings (SSSR count). The van der Waals surface area contributed by atoms with E-state index in [-0.39, 0.29) is 0 Å². The summed E-state index contributed by atoms with van der Waals surface area (Å²) in [6.07, 6.45) is 0. The minimum atomic E-state index is 0.441. The molecule has 2 aromatic rings. The molecule has 0 amide bonds. The van der Waals surface area contributed by atoms with Gasteiger partial charge in [0.25, 0.3) is 0 Å². The Morgan fingerprint density at radius 1 is 1.30 bits per heavy atom. The molecular formula is C17H24N2O. The normalized spacial score (nSPS) is 11.4. The van der Waals surface area contributed by atoms with Crippen molar-refractivity contribution in [2.45, 2.75) is 33.2 Å². The second-order valence-electron chi connectivity index (χ2n) is 5.50. The number of methoxy groups -OCH3 is 1. The predicted molar refractivity (Wildman–Crippen MR) is 84.2 cm³/mol. The quantitative estimate of drug-likeness (QED) is 0.818. The summed E-state index contributed by atoms with van der Waals surface area (Å²) in [4.78, 5) is 4.83. The Morgan fingerprint density at radius 3 is 2.80 bits per heavy atom. The zero-order valence-electron chi connectivity index (χ0n) is 12.9. The van der Waals surface area contributed by atoms with Crippen LogP contribution in [0.3, 0.4) is 0 Å². The Balaban J connectivity index is 2.37. The molecule has 1 N–H and O–H groups in total. The molecule has 0 atom stereocenters. The van der Waals surface area contributed by atoms with E-state index in [4.69, 9.17) is 9.72 Å². The SMILES string of the molecule is COCCNCc1cc(C(C)C)nc2c(C)cccc12. The summed E-state index contributed by atoms with van der Waals surface area (Å²) in [7, 11) is 1.73. The van der Waals surface area contributed by atoms with Crippen molar-refractivity contribution in [3.8, 4) is 0 Å². The van der Waals surface area contributed by atoms with Gasteiger partial charge in [0.2, 0.25) is 0 Å². The van der Waals surface area contributed by atoms with Crippen LogP contribution in [0.15, 0.2) is 24.3 Å². The molecule has 0 saturated heterocycles. The average molecular weight is 272 g/mol. The minimum absolute atomic E-state index is 0.441. The first-order chi connectivity index (χ1) is 9.63. The van der Waals surface area contributed by atoms with Crippen LogP contribution >= 0.6 is 0 Å². The number of hydrogen-bond acceptors (Lipinski definition) is 3. The van der Waals surface area contributed by atoms with E-state index in [0.29, 0.717) is 5.92 Å². The lowest BCUT2D eigenvalue weighted by atomic mass is 10.0. The van der Waals surface area contributed by atoms with Gasteiger partial charge in [0.1, 0.15) is 0 Å². The van der Waals surface area contributed by atoms with Gasteiger partial charge in [-0.1, -0.05) is 32.0 Å². The maximum Gasteiger partial charge on any atom is 0.0737 e. The van der Waals surface area contributed by atoms with Crippen molar-refractivity contribution in [3.63, 3.8) is 0 Å². The van der Waals surface area contributed by atoms with Crippen molar-refractivity contribution in [1.29, 1.82) is 0 Å². The van der Waals surface area contributed by atoms with Crippen molar-refractivity contribution in [3.05, 3.63) is 41.1 Å². The summed E-state index contributed by atoms with van der Waals surface area (Å²) in [6, 6.07) is 8.62. The first-order valence-electron chi connectivity index (χ1n) is 7.22. The predicted octanol–water partition coefficient (Wildman–Crippen LogP) is 3.40. The number of aromatic nitrogens is 1. The summed E-state index contributed by atoms with van der Waals surface area (Å²) >= 11 is 0. The largest absolute Gasteiger partial charge is 0.383 e. The Bertz CT molecular complexity index is 578. The Labute approximate surface area is 121 Å². The standard InChI is InChI=1S/C17H24N2O/c1-12(2)16-10-14(11-18-8-9-20-4)15-7-5-6-13(3)17(15)19-16/h5-7,10,12,18H,8-9,11H2,1-4H3. The van der Waals surface area contributed by atoms with Crippen LogP contribution in [-0.4, -0.2) is 25.2 Å². The molecule has 0 aliphatic heterocycles. The second-order valence-corrected chi connectivity index (χ2v) is 5.50. The number of ether oxygens (including phenoxy) is 1. The molecule has 1 aromatic carbocycles. The fraction of sp³-hybridized carbons (Fsp3) is 0.471. The van der Waals surface area contributed by atoms with Gasteiger partial charge in [-0.25, -0.2) is 0 Å². The number of rotatable bonds is 6. The zero-order valence-corrected chi connectivity index (χ0v) is 12.9. The van der Waals surface area contributed by atoms with Gasteiger partial charge in [0, 0.05) is 31.3 Å². The number of aryl methyl sites for hydroxylation is 1. The van der Waals surface area contributed by atoms with Crippen LogP contribution in [0.2, 0.25) is 0 Å². The van der Waals surface area contributed by atoms with E-state index >= 15 is 0 Å². The first kappa shape index (κ1) is 14.9. The van der Waals surface area contributed by atoms with Gasteiger partial charge in [0.05, 0.1) is 12.1 Å². The van der Waals surface area contributed by atoms with E-state index in [1.54, 1.807) is 7.11 Å². The lowest BCUT2D eigenvalue weighted by Crippen LogP contribution is -2.19. The lowest BCUT2D eigenvalue weighted by molar-refractivity contribution is 0.199. The maximum atomic E-state index is 5.07. The molecule has 3 heteroatoms. The van der Waals surface area contributed by atoms with Crippen LogP contribution in [0.25, 0.3) is 10.9 Å². The van der Waals surface area contributed by atoms with Gasteiger partial charge in [-0.2, -0.15) is 0 Å². The summed E-state index contributed by atoms with van der Waals surface area (Å²) in [5.74, 6) is 0.441. The van der Waals surface area contributed by atoms with Crippen molar-refractivity contribution < 1.29 is 4.74 Å². The van der Waals surface area contributed by atoms with E-state index in [0.717, 1.165) is 30.9 Å². The molecule has 0 unspecified atom stereocenters. The Kier molecular flexibility index (Phi) is 5.10. The highest BCUT2D eigenvalue weighted by Crippen LogP contribution is 2.24. The number of benzene rings is 1. The zero-order chi connectivity index (χ0) is 14.5. The van der Waals surface area contributed by atoms with E-state index in [9.17, 15) is 0 Å². The third-order valence-corrected chi connectivity index (χ3v) is 3.54. The minimum Gasteiger partial charge on any atom is -0.383 e. The monoisotopic (exact) mass is 272 g/mol. The number of pyridine rings is 1. The third kappa shape index (κ3) is 3.35. The Morgan fingerprint density at radius 2 is 2.10 bits per heavy atom. The highest BCUT2D eigenvalue weighted by molar-refractivity contribution is 5.85. The average Bonchev–Trinajstić information content (AvgIpc) is 2.44. The maximum absolute atomic E-state index is 5.07. The first-order valence-corrected chi connectivity index (χ1v) is 7.22. The number of hydrogen-bond donors (Lipinski definition) is 1. The summed E-state index contributed by atoms with van der Waals surface area (Å²) in [5, 5.41) is 4.68. The van der Waals surface area contributed by atoms with Crippen LogP contribution in [0.4, 0.5) is 0 Å². The molecule has 0 saturated carbocycles. The molecule has 108 valence electrons. The number of para-hydroxylation sites is 1. The summed E-state index contributed by atoms with van der Waals surface area (Å²) in [6.45, 7) is 8.96. The van der Waals surface area contributed by atoms with E-state index in [1.807, 2.05) is 0 Å². The lowest BCUT2D eigenvalue weighted by Gasteiger charge is -2.13. The highest BCUT2D eigenvalue weighted by Gasteiger charge is 2.09. The van der Waals surface area contributed by atoms with Crippen molar-refractivity contribution in [2.24, 2.45) is 0 Å². The molecule has 0 bridgehead atoms. The van der Waals surface area contributed by atoms with Crippen LogP contribution in [0.1, 0.15) is 36.6 Å². The number of fused-ring (bicyclic) bond motifs is 1. The Hall–Kier alpha value is -1.45. The van der Waals surface area contributed by atoms with Crippen molar-refractivity contribution in [1.82, 2.24) is 10.3 Å². The molecule has 1 aromatic heterocycles. The van der Waals surface area contributed by atoms with Crippen LogP contribution < -0.4 is 5.32 Å². The van der Waals surface area contributed by atoms with Crippen molar-refractivity contribution in [2.75, 3.05) is 20.3 Å². The summed E-state index contributed by atoms with van der Waals surface area (Å²) < 4.78 is 5.07. The smallest absolute Gasteiger partial charge is 0.0737 e. The van der Waals surface area contributed by atoms with E-state index < -0.39 is 0 Å². The van der Waals surface area contributed by atoms with Crippen LogP contribution in [-0.2, 0) is 11.3 Å². The molecule has 0 radical (unpaired) electrons. The molecule has 0 spiro atoms. The fourth-order valence-corrected chi connectivity index (χ4v) is 2.32. The van der Waals surface area contributed by atoms with Crippen LogP contribution in [0, 0.1) is 6.92 Å². The second kappa shape index (κ2) is 6.82. The third-order valence-electron chi connectivity index (χ3n) is 3.54. The van der Waals surface area contributed by atoms with E-state index in [2.05, 4.69) is 50.4 Å².